The number of carbonyl (C=O) groups excluding carboxylic acids is 1. The molecule has 0 unspecified atom stereocenters. The Morgan fingerprint density at radius 3 is 2.67 bits per heavy atom. The lowest BCUT2D eigenvalue weighted by molar-refractivity contribution is -0.114. The van der Waals surface area contributed by atoms with Gasteiger partial charge in [-0.15, -0.1) is 5.54 Å². The molecular weight excluding hydrogens is 344 g/mol. The van der Waals surface area contributed by atoms with Crippen LogP contribution in [0.3, 0.4) is 0 Å². The van der Waals surface area contributed by atoms with Gasteiger partial charge in [-0.3, -0.25) is 4.79 Å². The normalized spacial score (nSPS) is 10.9. The summed E-state index contributed by atoms with van der Waals surface area (Å²) in [5.74, 6) is 3.63. The van der Waals surface area contributed by atoms with Crippen molar-refractivity contribution in [2.24, 2.45) is 0 Å². The van der Waals surface area contributed by atoms with Crippen molar-refractivity contribution in [3.8, 4) is 11.5 Å². The number of nitrogens with zero attached hydrogens (tertiary/aromatic N) is 1. The first-order valence-electron chi connectivity index (χ1n) is 6.65. The van der Waals surface area contributed by atoms with Gasteiger partial charge in [0.2, 0.25) is 5.91 Å². The van der Waals surface area contributed by atoms with Gasteiger partial charge in [-0.25, -0.2) is 4.98 Å². The van der Waals surface area contributed by atoms with Gasteiger partial charge in [0.05, 0.1) is 5.56 Å². The first-order valence-corrected chi connectivity index (χ1v) is 10.9. The second-order valence-corrected chi connectivity index (χ2v) is 11.6. The molecule has 0 saturated heterocycles. The van der Waals surface area contributed by atoms with Gasteiger partial charge in [0.15, 0.2) is 0 Å². The van der Waals surface area contributed by atoms with Crippen molar-refractivity contribution in [1.29, 1.82) is 0 Å². The van der Waals surface area contributed by atoms with Crippen molar-refractivity contribution in [3.63, 3.8) is 0 Å². The molecule has 2 aromatic rings. The molecule has 1 amide bonds. The fraction of sp³-hybridized carbons (Fsp3) is 0.250. The Hall–Kier alpha value is -1.64. The smallest absolute Gasteiger partial charge is 0.222 e. The first-order chi connectivity index (χ1) is 9.76. The number of fused-ring (bicyclic) bond motifs is 1. The molecule has 0 spiro atoms. The van der Waals surface area contributed by atoms with E-state index in [2.05, 4.69) is 57.3 Å². The number of hydrogen-bond acceptors (Lipinski definition) is 2. The summed E-state index contributed by atoms with van der Waals surface area (Å²) in [7, 11) is -1.51. The van der Waals surface area contributed by atoms with Crippen molar-refractivity contribution in [3.05, 3.63) is 34.4 Å². The maximum atomic E-state index is 11.4. The van der Waals surface area contributed by atoms with Gasteiger partial charge in [-0.05, 0) is 12.1 Å². The predicted octanol–water partition coefficient (Wildman–Crippen LogP) is 4.18. The van der Waals surface area contributed by atoms with Crippen LogP contribution in [0.1, 0.15) is 12.5 Å². The van der Waals surface area contributed by atoms with Crippen molar-refractivity contribution >= 4 is 46.5 Å². The maximum absolute atomic E-state index is 11.4. The highest BCUT2D eigenvalue weighted by atomic mass is 79.9. The number of carbonyl (C=O) groups is 1. The lowest BCUT2D eigenvalue weighted by atomic mass is 10.1. The molecule has 0 saturated carbocycles. The van der Waals surface area contributed by atoms with Gasteiger partial charge in [0, 0.05) is 28.4 Å². The van der Waals surface area contributed by atoms with Gasteiger partial charge in [0.1, 0.15) is 13.9 Å². The summed E-state index contributed by atoms with van der Waals surface area (Å²) in [5.41, 5.74) is 4.13. The van der Waals surface area contributed by atoms with Gasteiger partial charge in [0.25, 0.3) is 0 Å². The number of hydrogen-bond donors (Lipinski definition) is 1. The lowest BCUT2D eigenvalue weighted by Crippen LogP contribution is -2.16. The van der Waals surface area contributed by atoms with Gasteiger partial charge in [-0.1, -0.05) is 47.6 Å². The Kier molecular flexibility index (Phi) is 4.50. The number of rotatable bonds is 1. The Balaban J connectivity index is 2.69. The average Bonchev–Trinajstić information content (AvgIpc) is 2.35. The van der Waals surface area contributed by atoms with Crippen molar-refractivity contribution in [1.82, 2.24) is 4.98 Å². The van der Waals surface area contributed by atoms with Crippen LogP contribution in [0.25, 0.3) is 10.8 Å². The fourth-order valence-corrected chi connectivity index (χ4v) is 2.71. The summed E-state index contributed by atoms with van der Waals surface area (Å²) in [6.45, 7) is 8.04. The number of nitrogens with one attached hydrogen (secondary N) is 1. The molecule has 1 aromatic heterocycles. The third-order valence-electron chi connectivity index (χ3n) is 2.71. The highest BCUT2D eigenvalue weighted by Crippen LogP contribution is 2.26. The molecule has 0 bridgehead atoms. The van der Waals surface area contributed by atoms with Crippen molar-refractivity contribution in [2.75, 3.05) is 5.32 Å². The van der Waals surface area contributed by atoms with Crippen LogP contribution >= 0.6 is 15.9 Å². The molecule has 5 heteroatoms. The van der Waals surface area contributed by atoms with E-state index in [1.807, 2.05) is 18.2 Å². The van der Waals surface area contributed by atoms with E-state index in [-0.39, 0.29) is 5.91 Å². The Morgan fingerprint density at radius 1 is 1.33 bits per heavy atom. The number of halogens is 1. The van der Waals surface area contributed by atoms with E-state index in [1.54, 1.807) is 6.20 Å². The maximum Gasteiger partial charge on any atom is 0.222 e. The van der Waals surface area contributed by atoms with E-state index in [4.69, 9.17) is 0 Å². The molecule has 1 heterocycles. The van der Waals surface area contributed by atoms with Gasteiger partial charge < -0.3 is 5.32 Å². The molecule has 1 aromatic carbocycles. The third kappa shape index (κ3) is 4.16. The molecule has 1 N–H and O–H groups in total. The van der Waals surface area contributed by atoms with Crippen molar-refractivity contribution < 1.29 is 4.79 Å². The summed E-state index contributed by atoms with van der Waals surface area (Å²) in [4.78, 5) is 15.7. The van der Waals surface area contributed by atoms with Crippen LogP contribution in [0, 0.1) is 11.5 Å². The van der Waals surface area contributed by atoms with Crippen LogP contribution in [0.15, 0.2) is 28.9 Å². The molecule has 0 radical (unpaired) electrons. The Labute approximate surface area is 134 Å². The molecule has 21 heavy (non-hydrogen) atoms. The number of aromatic nitrogens is 1. The van der Waals surface area contributed by atoms with Crippen LogP contribution in [0.2, 0.25) is 19.6 Å². The van der Waals surface area contributed by atoms with E-state index < -0.39 is 8.07 Å². The van der Waals surface area contributed by atoms with E-state index in [9.17, 15) is 4.79 Å². The minimum Gasteiger partial charge on any atom is -0.310 e. The number of amides is 1. The second-order valence-electron chi connectivity index (χ2n) is 5.89. The SMILES string of the molecule is CC(=O)Nc1ncc2cc(Br)ccc2c1C#C[Si](C)(C)C. The highest BCUT2D eigenvalue weighted by molar-refractivity contribution is 9.10. The predicted molar refractivity (Wildman–Crippen MR) is 94.0 cm³/mol. The standard InChI is InChI=1S/C16H17BrN2OSi/c1-11(20)19-16-15(7-8-21(2,3)4)14-6-5-13(17)9-12(14)10-18-16/h5-6,9-10H,1-4H3,(H,18,19,20). The molecule has 0 aliphatic heterocycles. The van der Waals surface area contributed by atoms with Crippen LogP contribution < -0.4 is 5.32 Å². The number of anilines is 1. The summed E-state index contributed by atoms with van der Waals surface area (Å²) in [5, 5.41) is 4.77. The van der Waals surface area contributed by atoms with E-state index in [0.717, 1.165) is 20.8 Å². The molecule has 0 atom stereocenters. The molecule has 0 aliphatic rings. The topological polar surface area (TPSA) is 42.0 Å². The first kappa shape index (κ1) is 15.7. The minimum absolute atomic E-state index is 0.144. The monoisotopic (exact) mass is 360 g/mol. The molecule has 108 valence electrons. The molecular formula is C16H17BrN2OSi. The second kappa shape index (κ2) is 6.00. The zero-order valence-corrected chi connectivity index (χ0v) is 15.1. The largest absolute Gasteiger partial charge is 0.310 e. The zero-order valence-electron chi connectivity index (χ0n) is 12.5. The van der Waals surface area contributed by atoms with Gasteiger partial charge in [-0.2, -0.15) is 0 Å². The van der Waals surface area contributed by atoms with Crippen molar-refractivity contribution in [2.45, 2.75) is 26.6 Å². The Bertz CT molecular complexity index is 769. The van der Waals surface area contributed by atoms with E-state index in [0.29, 0.717) is 5.82 Å². The highest BCUT2D eigenvalue weighted by Gasteiger charge is 2.12. The molecule has 0 fully saturated rings. The summed E-state index contributed by atoms with van der Waals surface area (Å²) < 4.78 is 0.994. The number of benzene rings is 1. The zero-order chi connectivity index (χ0) is 15.6. The van der Waals surface area contributed by atoms with Crippen LogP contribution in [0.4, 0.5) is 5.82 Å². The van der Waals surface area contributed by atoms with Crippen LogP contribution in [-0.2, 0) is 4.79 Å². The fourth-order valence-electron chi connectivity index (χ4n) is 1.83. The Morgan fingerprint density at radius 2 is 2.05 bits per heavy atom. The lowest BCUT2D eigenvalue weighted by Gasteiger charge is -2.09. The van der Waals surface area contributed by atoms with Crippen LogP contribution in [0.5, 0.6) is 0 Å². The summed E-state index contributed by atoms with van der Waals surface area (Å²) in [6, 6.07) is 5.97. The third-order valence-corrected chi connectivity index (χ3v) is 4.08. The van der Waals surface area contributed by atoms with E-state index >= 15 is 0 Å². The number of pyridine rings is 1. The summed E-state index contributed by atoms with van der Waals surface area (Å²) in [6.07, 6.45) is 1.76. The molecule has 0 aliphatic carbocycles. The van der Waals surface area contributed by atoms with Gasteiger partial charge >= 0.3 is 0 Å². The quantitative estimate of drug-likeness (QED) is 0.611. The van der Waals surface area contributed by atoms with E-state index in [1.165, 1.54) is 6.92 Å². The molecule has 3 nitrogen and oxygen atoms in total. The minimum atomic E-state index is -1.51. The summed E-state index contributed by atoms with van der Waals surface area (Å²) >= 11 is 3.46. The van der Waals surface area contributed by atoms with Crippen LogP contribution in [-0.4, -0.2) is 19.0 Å². The average molecular weight is 361 g/mol. The molecule has 2 rings (SSSR count).